The summed E-state index contributed by atoms with van der Waals surface area (Å²) >= 11 is 1.43. The Hall–Kier alpha value is -2.41. The molecule has 0 saturated heterocycles. The Morgan fingerprint density at radius 1 is 1.16 bits per heavy atom. The van der Waals surface area contributed by atoms with E-state index < -0.39 is 12.1 Å². The maximum Gasteiger partial charge on any atom is 0.319 e. The number of hydrogen-bond acceptors (Lipinski definition) is 4. The number of urea groups is 1. The molecular formula is C18H22N4O2S. The van der Waals surface area contributed by atoms with Gasteiger partial charge in [-0.25, -0.2) is 9.78 Å². The Kier molecular flexibility index (Phi) is 5.33. The minimum Gasteiger partial charge on any atom is -0.326 e. The maximum absolute atomic E-state index is 12.5. The molecular weight excluding hydrogens is 336 g/mol. The van der Waals surface area contributed by atoms with Crippen LogP contribution in [0.15, 0.2) is 35.7 Å². The molecule has 1 heterocycles. The van der Waals surface area contributed by atoms with Gasteiger partial charge in [0.15, 0.2) is 5.13 Å². The number of nitrogens with one attached hydrogen (secondary N) is 3. The molecule has 0 aliphatic heterocycles. The number of aromatic nitrogens is 1. The van der Waals surface area contributed by atoms with E-state index in [1.54, 1.807) is 12.1 Å². The van der Waals surface area contributed by atoms with E-state index in [2.05, 4.69) is 20.9 Å². The highest BCUT2D eigenvalue weighted by Crippen LogP contribution is 2.40. The third-order valence-electron chi connectivity index (χ3n) is 4.02. The number of thiazole rings is 1. The van der Waals surface area contributed by atoms with E-state index in [0.29, 0.717) is 16.7 Å². The third-order valence-corrected chi connectivity index (χ3v) is 4.79. The molecule has 1 fully saturated rings. The van der Waals surface area contributed by atoms with Crippen LogP contribution in [0.4, 0.5) is 15.6 Å². The number of benzene rings is 1. The molecule has 0 bridgehead atoms. The molecule has 2 aromatic rings. The molecule has 25 heavy (non-hydrogen) atoms. The second-order valence-corrected chi connectivity index (χ2v) is 7.39. The summed E-state index contributed by atoms with van der Waals surface area (Å²) in [5, 5.41) is 10.9. The first-order valence-corrected chi connectivity index (χ1v) is 9.29. The highest BCUT2D eigenvalue weighted by molar-refractivity contribution is 7.13. The van der Waals surface area contributed by atoms with Gasteiger partial charge in [0, 0.05) is 17.0 Å². The summed E-state index contributed by atoms with van der Waals surface area (Å²) in [5.74, 6) is 0.247. The monoisotopic (exact) mass is 358 g/mol. The number of carbonyl (C=O) groups is 2. The summed E-state index contributed by atoms with van der Waals surface area (Å²) in [5.41, 5.74) is 1.73. The van der Waals surface area contributed by atoms with Crippen molar-refractivity contribution in [3.63, 3.8) is 0 Å². The smallest absolute Gasteiger partial charge is 0.319 e. The zero-order valence-electron chi connectivity index (χ0n) is 14.3. The molecule has 6 nitrogen and oxygen atoms in total. The lowest BCUT2D eigenvalue weighted by molar-refractivity contribution is -0.118. The molecule has 0 radical (unpaired) electrons. The number of carbonyl (C=O) groups excluding carboxylic acids is 2. The van der Waals surface area contributed by atoms with Gasteiger partial charge in [0.1, 0.15) is 6.04 Å². The Morgan fingerprint density at radius 3 is 2.52 bits per heavy atom. The Morgan fingerprint density at radius 2 is 1.88 bits per heavy atom. The summed E-state index contributed by atoms with van der Waals surface area (Å²) in [6.07, 6.45) is 2.35. The lowest BCUT2D eigenvalue weighted by atomic mass is 10.0. The molecule has 0 spiro atoms. The van der Waals surface area contributed by atoms with Gasteiger partial charge in [0.2, 0.25) is 5.91 Å². The van der Waals surface area contributed by atoms with E-state index in [-0.39, 0.29) is 11.8 Å². The predicted molar refractivity (Wildman–Crippen MR) is 99.9 cm³/mol. The first-order valence-electron chi connectivity index (χ1n) is 8.42. The van der Waals surface area contributed by atoms with E-state index >= 15 is 0 Å². The molecule has 3 N–H and O–H groups in total. The van der Waals surface area contributed by atoms with Crippen LogP contribution in [-0.4, -0.2) is 23.0 Å². The van der Waals surface area contributed by atoms with Crippen molar-refractivity contribution in [3.05, 3.63) is 41.4 Å². The average molecular weight is 358 g/mol. The first-order chi connectivity index (χ1) is 12.0. The van der Waals surface area contributed by atoms with Crippen LogP contribution in [0, 0.1) is 5.92 Å². The summed E-state index contributed by atoms with van der Waals surface area (Å²) in [6.45, 7) is 3.79. The van der Waals surface area contributed by atoms with E-state index in [9.17, 15) is 9.59 Å². The SMILES string of the molecule is CC(C)C(NC(=O)Nc1ccccc1)C(=O)Nc1nc(C2CC2)cs1. The van der Waals surface area contributed by atoms with Crippen molar-refractivity contribution < 1.29 is 9.59 Å². The molecule has 7 heteroatoms. The standard InChI is InChI=1S/C18H22N4O2S/c1-11(2)15(21-17(24)19-13-6-4-3-5-7-13)16(23)22-18-20-14(10-25-18)12-8-9-12/h3-7,10-12,15H,8-9H2,1-2H3,(H2,19,21,24)(H,20,22,23). The largest absolute Gasteiger partial charge is 0.326 e. The summed E-state index contributed by atoms with van der Waals surface area (Å²) in [6, 6.07) is 8.08. The van der Waals surface area contributed by atoms with Crippen molar-refractivity contribution in [1.82, 2.24) is 10.3 Å². The van der Waals surface area contributed by atoms with Crippen molar-refractivity contribution in [2.24, 2.45) is 5.92 Å². The lowest BCUT2D eigenvalue weighted by Crippen LogP contribution is -2.48. The van der Waals surface area contributed by atoms with Gasteiger partial charge in [-0.3, -0.25) is 4.79 Å². The fourth-order valence-electron chi connectivity index (χ4n) is 2.46. The van der Waals surface area contributed by atoms with Crippen molar-refractivity contribution in [3.8, 4) is 0 Å². The number of hydrogen-bond donors (Lipinski definition) is 3. The third kappa shape index (κ3) is 4.79. The van der Waals surface area contributed by atoms with Gasteiger partial charge in [-0.05, 0) is 30.9 Å². The van der Waals surface area contributed by atoms with Crippen molar-refractivity contribution in [2.45, 2.75) is 38.6 Å². The molecule has 1 aliphatic carbocycles. The van der Waals surface area contributed by atoms with Gasteiger partial charge < -0.3 is 16.0 Å². The van der Waals surface area contributed by atoms with Crippen molar-refractivity contribution >= 4 is 34.1 Å². The van der Waals surface area contributed by atoms with Crippen LogP contribution in [0.1, 0.15) is 38.3 Å². The molecule has 1 atom stereocenters. The highest BCUT2D eigenvalue weighted by Gasteiger charge is 2.28. The molecule has 132 valence electrons. The Labute approximate surface area is 151 Å². The number of para-hydroxylation sites is 1. The molecule has 1 aromatic carbocycles. The predicted octanol–water partition coefficient (Wildman–Crippen LogP) is 3.81. The van der Waals surface area contributed by atoms with E-state index in [1.807, 2.05) is 37.4 Å². The van der Waals surface area contributed by atoms with Crippen LogP contribution < -0.4 is 16.0 Å². The molecule has 3 amide bonds. The summed E-state index contributed by atoms with van der Waals surface area (Å²) in [7, 11) is 0. The van der Waals surface area contributed by atoms with Crippen LogP contribution >= 0.6 is 11.3 Å². The van der Waals surface area contributed by atoms with Gasteiger partial charge in [-0.2, -0.15) is 0 Å². The molecule has 3 rings (SSSR count). The normalized spacial score (nSPS) is 14.8. The van der Waals surface area contributed by atoms with Crippen LogP contribution in [0.3, 0.4) is 0 Å². The van der Waals surface area contributed by atoms with Gasteiger partial charge >= 0.3 is 6.03 Å². The maximum atomic E-state index is 12.5. The molecule has 1 aliphatic rings. The van der Waals surface area contributed by atoms with Gasteiger partial charge in [-0.1, -0.05) is 32.0 Å². The van der Waals surface area contributed by atoms with Gasteiger partial charge in [-0.15, -0.1) is 11.3 Å². The van der Waals surface area contributed by atoms with Gasteiger partial charge in [0.05, 0.1) is 5.69 Å². The average Bonchev–Trinajstić information content (AvgIpc) is 3.33. The topological polar surface area (TPSA) is 83.1 Å². The minimum atomic E-state index is -0.642. The van der Waals surface area contributed by atoms with Crippen LogP contribution in [0.2, 0.25) is 0 Å². The second-order valence-electron chi connectivity index (χ2n) is 6.53. The molecule has 1 unspecified atom stereocenters. The quantitative estimate of drug-likeness (QED) is 0.734. The fourth-order valence-corrected chi connectivity index (χ4v) is 3.25. The number of nitrogens with zero attached hydrogens (tertiary/aromatic N) is 1. The fraction of sp³-hybridized carbons (Fsp3) is 0.389. The number of rotatable bonds is 6. The molecule has 1 saturated carbocycles. The zero-order valence-corrected chi connectivity index (χ0v) is 15.1. The number of anilines is 2. The van der Waals surface area contributed by atoms with E-state index in [1.165, 1.54) is 24.2 Å². The minimum absolute atomic E-state index is 0.0515. The second kappa shape index (κ2) is 7.65. The number of amides is 3. The summed E-state index contributed by atoms with van der Waals surface area (Å²) < 4.78 is 0. The van der Waals surface area contributed by atoms with E-state index in [4.69, 9.17) is 0 Å². The highest BCUT2D eigenvalue weighted by atomic mass is 32.1. The van der Waals surface area contributed by atoms with Crippen LogP contribution in [0.5, 0.6) is 0 Å². The molecule has 1 aromatic heterocycles. The zero-order chi connectivity index (χ0) is 17.8. The van der Waals surface area contributed by atoms with Crippen molar-refractivity contribution in [2.75, 3.05) is 10.6 Å². The Bertz CT molecular complexity index is 741. The summed E-state index contributed by atoms with van der Waals surface area (Å²) in [4.78, 5) is 29.2. The van der Waals surface area contributed by atoms with Crippen LogP contribution in [0.25, 0.3) is 0 Å². The van der Waals surface area contributed by atoms with Gasteiger partial charge in [0.25, 0.3) is 0 Å². The van der Waals surface area contributed by atoms with Crippen molar-refractivity contribution in [1.29, 1.82) is 0 Å². The van der Waals surface area contributed by atoms with E-state index in [0.717, 1.165) is 5.69 Å². The van der Waals surface area contributed by atoms with Crippen LogP contribution in [-0.2, 0) is 4.79 Å². The lowest BCUT2D eigenvalue weighted by Gasteiger charge is -2.21. The first kappa shape index (κ1) is 17.4. The Balaban J connectivity index is 1.59.